The number of benzene rings is 3. The van der Waals surface area contributed by atoms with Gasteiger partial charge in [-0.25, -0.2) is 4.79 Å². The van der Waals surface area contributed by atoms with Gasteiger partial charge in [-0.15, -0.1) is 0 Å². The van der Waals surface area contributed by atoms with Crippen molar-refractivity contribution < 1.29 is 24.2 Å². The first-order valence-electron chi connectivity index (χ1n) is 24.3. The molecule has 0 spiro atoms. The number of Topliss-reactive ketones (excluding diaryl/α,β-unsaturated/α-hetero) is 1. The second-order valence-electron chi connectivity index (χ2n) is 18.1. The summed E-state index contributed by atoms with van der Waals surface area (Å²) in [6, 6.07) is 17.7. The molecule has 1 aliphatic carbocycles. The van der Waals surface area contributed by atoms with Gasteiger partial charge in [-0.1, -0.05) is 98.0 Å². The predicted molar refractivity (Wildman–Crippen MR) is 274 cm³/mol. The third-order valence-electron chi connectivity index (χ3n) is 12.7. The molecule has 0 bridgehead atoms. The van der Waals surface area contributed by atoms with Gasteiger partial charge in [0.05, 0.1) is 12.2 Å². The minimum atomic E-state index is -1.27. The Morgan fingerprint density at radius 3 is 2.04 bits per heavy atom. The van der Waals surface area contributed by atoms with Crippen LogP contribution in [0.3, 0.4) is 0 Å². The smallest absolute Gasteiger partial charge is 0.410 e. The highest BCUT2D eigenvalue weighted by Gasteiger charge is 2.32. The van der Waals surface area contributed by atoms with Gasteiger partial charge in [0.1, 0.15) is 11.9 Å². The highest BCUT2D eigenvalue weighted by atomic mass is 16.6. The lowest BCUT2D eigenvalue weighted by molar-refractivity contribution is -0.128. The normalized spacial score (nSPS) is 16.5. The molecule has 68 heavy (non-hydrogen) atoms. The molecule has 4 aromatic rings. The summed E-state index contributed by atoms with van der Waals surface area (Å²) < 4.78 is 7.88. The van der Waals surface area contributed by atoms with Crippen LogP contribution in [0.5, 0.6) is 5.75 Å². The number of rotatable bonds is 20. The summed E-state index contributed by atoms with van der Waals surface area (Å²) in [6.45, 7) is 6.27. The van der Waals surface area contributed by atoms with Crippen molar-refractivity contribution in [2.45, 2.75) is 96.9 Å². The highest BCUT2D eigenvalue weighted by molar-refractivity contribution is 5.94. The van der Waals surface area contributed by atoms with Crippen molar-refractivity contribution in [2.24, 2.45) is 0 Å². The second-order valence-corrected chi connectivity index (χ2v) is 18.1. The number of piperazine rings is 1. The molecular formula is C57H67N5O6. The van der Waals surface area contributed by atoms with Crippen molar-refractivity contribution in [1.82, 2.24) is 19.3 Å². The van der Waals surface area contributed by atoms with Crippen LogP contribution >= 0.6 is 0 Å². The van der Waals surface area contributed by atoms with Gasteiger partial charge in [-0.2, -0.15) is 0 Å². The molecule has 1 atom stereocenters. The van der Waals surface area contributed by atoms with Crippen LogP contribution < -0.4 is 15.6 Å². The van der Waals surface area contributed by atoms with Gasteiger partial charge < -0.3 is 29.5 Å². The van der Waals surface area contributed by atoms with Crippen LogP contribution in [0.1, 0.15) is 98.6 Å². The largest absolute Gasteiger partial charge is 0.415 e. The Kier molecular flexibility index (Phi) is 17.9. The maximum atomic E-state index is 13.6. The van der Waals surface area contributed by atoms with E-state index < -0.39 is 6.10 Å². The Balaban J connectivity index is 0.824. The van der Waals surface area contributed by atoms with E-state index >= 15 is 0 Å². The van der Waals surface area contributed by atoms with Gasteiger partial charge >= 0.3 is 6.09 Å². The highest BCUT2D eigenvalue weighted by Crippen LogP contribution is 2.40. The van der Waals surface area contributed by atoms with Gasteiger partial charge in [0.15, 0.2) is 5.78 Å². The number of pyridine rings is 1. The molecule has 11 heteroatoms. The lowest BCUT2D eigenvalue weighted by atomic mass is 9.88. The molecule has 1 saturated heterocycles. The van der Waals surface area contributed by atoms with Crippen LogP contribution in [0.15, 0.2) is 132 Å². The first kappa shape index (κ1) is 49.5. The van der Waals surface area contributed by atoms with E-state index in [2.05, 4.69) is 102 Å². The average Bonchev–Trinajstić information content (AvgIpc) is 3.69. The molecule has 0 radical (unpaired) electrons. The van der Waals surface area contributed by atoms with E-state index in [-0.39, 0.29) is 29.8 Å². The zero-order valence-corrected chi connectivity index (χ0v) is 40.0. The number of allylic oxidation sites excluding steroid dienone is 12. The third-order valence-corrected chi connectivity index (χ3v) is 12.7. The molecule has 3 aliphatic rings. The molecular weight excluding hydrogens is 851 g/mol. The van der Waals surface area contributed by atoms with Crippen LogP contribution in [-0.2, 0) is 35.6 Å². The summed E-state index contributed by atoms with van der Waals surface area (Å²) in [5.74, 6) is 0.236. The van der Waals surface area contributed by atoms with Crippen LogP contribution in [0.4, 0.5) is 10.5 Å². The summed E-state index contributed by atoms with van der Waals surface area (Å²) in [4.78, 5) is 58.3. The van der Waals surface area contributed by atoms with E-state index in [1.807, 2.05) is 61.5 Å². The number of aromatic nitrogens is 1. The van der Waals surface area contributed by atoms with Crippen LogP contribution in [0.2, 0.25) is 0 Å². The number of anilines is 1. The molecule has 2 N–H and O–H groups in total. The summed E-state index contributed by atoms with van der Waals surface area (Å²) >= 11 is 0. The Morgan fingerprint density at radius 2 is 1.41 bits per heavy atom. The SMILES string of the molecule is CCC=CCC=CCC=CCC=CCC=CCC=CCCC(=O)Nc1ccc(CN2CCN(C(=O)Oc3ccc4cc5c(cc4c3CN(C)C)Cn3c-5cc4c(c3=O)CCC(=O)C4O)CC2)cc1. The van der Waals surface area contributed by atoms with E-state index in [0.29, 0.717) is 81.1 Å². The van der Waals surface area contributed by atoms with Gasteiger partial charge in [0.2, 0.25) is 5.91 Å². The van der Waals surface area contributed by atoms with Crippen molar-refractivity contribution >= 4 is 34.2 Å². The second kappa shape index (κ2) is 24.6. The monoisotopic (exact) mass is 918 g/mol. The molecule has 1 fully saturated rings. The maximum Gasteiger partial charge on any atom is 0.415 e. The van der Waals surface area contributed by atoms with Crippen molar-refractivity contribution in [3.63, 3.8) is 0 Å². The lowest BCUT2D eigenvalue weighted by Crippen LogP contribution is -2.49. The van der Waals surface area contributed by atoms with E-state index in [1.54, 1.807) is 9.47 Å². The number of nitrogens with one attached hydrogen (secondary N) is 1. The number of amides is 2. The molecule has 11 nitrogen and oxygen atoms in total. The van der Waals surface area contributed by atoms with Crippen LogP contribution in [0.25, 0.3) is 22.0 Å². The zero-order chi connectivity index (χ0) is 47.8. The predicted octanol–water partition coefficient (Wildman–Crippen LogP) is 10.4. The third kappa shape index (κ3) is 13.2. The fourth-order valence-electron chi connectivity index (χ4n) is 8.99. The van der Waals surface area contributed by atoms with Crippen molar-refractivity contribution in [3.8, 4) is 17.0 Å². The number of hydrogen-bond donors (Lipinski definition) is 2. The number of ether oxygens (including phenoxy) is 1. The summed E-state index contributed by atoms with van der Waals surface area (Å²) in [7, 11) is 3.95. The number of ketones is 1. The molecule has 7 rings (SSSR count). The topological polar surface area (TPSA) is 124 Å². The van der Waals surface area contributed by atoms with E-state index in [1.165, 1.54) is 0 Å². The summed E-state index contributed by atoms with van der Waals surface area (Å²) in [6.07, 6.45) is 31.9. The van der Waals surface area contributed by atoms with Crippen LogP contribution in [-0.4, -0.2) is 82.4 Å². The fourth-order valence-corrected chi connectivity index (χ4v) is 8.99. The fraction of sp³-hybridized carbons (Fsp3) is 0.368. The quantitative estimate of drug-likeness (QED) is 0.0740. The van der Waals surface area contributed by atoms with E-state index in [4.69, 9.17) is 4.74 Å². The average molecular weight is 918 g/mol. The molecule has 3 heterocycles. The van der Waals surface area contributed by atoms with Gasteiger partial charge in [0.25, 0.3) is 5.56 Å². The number of nitrogens with zero attached hydrogens (tertiary/aromatic N) is 4. The van der Waals surface area contributed by atoms with E-state index in [9.17, 15) is 24.3 Å². The Hall–Kier alpha value is -6.40. The first-order chi connectivity index (χ1) is 33.1. The zero-order valence-electron chi connectivity index (χ0n) is 40.0. The van der Waals surface area contributed by atoms with Crippen molar-refractivity contribution in [1.29, 1.82) is 0 Å². The van der Waals surface area contributed by atoms with Crippen molar-refractivity contribution in [2.75, 3.05) is 45.6 Å². The minimum Gasteiger partial charge on any atom is -0.410 e. The number of hydrogen-bond acceptors (Lipinski definition) is 8. The number of carbonyl (C=O) groups is 3. The first-order valence-corrected chi connectivity index (χ1v) is 24.3. The molecule has 3 aromatic carbocycles. The number of aliphatic hydroxyl groups is 1. The molecule has 2 amide bonds. The van der Waals surface area contributed by atoms with Gasteiger partial charge in [-0.05, 0) is 129 Å². The molecule has 2 aliphatic heterocycles. The molecule has 0 saturated carbocycles. The Morgan fingerprint density at radius 1 is 0.779 bits per heavy atom. The molecule has 356 valence electrons. The number of carbonyl (C=O) groups excluding carboxylic acids is 3. The van der Waals surface area contributed by atoms with Crippen LogP contribution in [0, 0.1) is 0 Å². The van der Waals surface area contributed by atoms with E-state index in [0.717, 1.165) is 83.8 Å². The molecule has 1 unspecified atom stereocenters. The number of aliphatic hydroxyl groups excluding tert-OH is 1. The Bertz CT molecular complexity index is 2660. The van der Waals surface area contributed by atoms with Gasteiger partial charge in [-0.3, -0.25) is 19.3 Å². The van der Waals surface area contributed by atoms with Crippen molar-refractivity contribution in [3.05, 3.63) is 166 Å². The molecule has 1 aromatic heterocycles. The van der Waals surface area contributed by atoms with Gasteiger partial charge in [0, 0.05) is 74.5 Å². The Labute approximate surface area is 401 Å². The summed E-state index contributed by atoms with van der Waals surface area (Å²) in [5.41, 5.74) is 6.13. The minimum absolute atomic E-state index is 0.00852. The lowest BCUT2D eigenvalue weighted by Gasteiger charge is -2.34. The maximum absolute atomic E-state index is 13.6. The standard InChI is InChI=1S/C57H67N5O6/c1-4-5-6-7-8-9-10-11-12-13-14-15-16-17-18-19-20-21-22-23-54(64)58-45-27-24-42(25-28-45)39-60-32-34-61(35-33-60)57(67)68-53-31-26-43-36-48-44(37-47(43)50(53)41-59(2)3)40-62-51(48)38-49-46(56(62)66)29-30-52(63)55(49)65/h5-6,8-9,11-12,14-15,17-18,20-21,24-28,31,36-38,55,65H,4,7,10,13,16,19,22-23,29-30,32-35,39-41H2,1-3H3,(H,58,64). The summed E-state index contributed by atoms with van der Waals surface area (Å²) in [5, 5.41) is 15.5. The number of fused-ring (bicyclic) bond motifs is 5.